The van der Waals surface area contributed by atoms with Gasteiger partial charge in [0.2, 0.25) is 0 Å². The van der Waals surface area contributed by atoms with Gasteiger partial charge in [-0.3, -0.25) is 0 Å². The topological polar surface area (TPSA) is 40.5 Å². The third-order valence-corrected chi connectivity index (χ3v) is 2.44. The maximum atomic E-state index is 9.60. The first-order valence-electron chi connectivity index (χ1n) is 4.66. The molecule has 0 fully saturated rings. The van der Waals surface area contributed by atoms with Crippen molar-refractivity contribution in [1.82, 2.24) is 0 Å². The number of hydrogen-bond donors (Lipinski definition) is 2. The zero-order valence-corrected chi connectivity index (χ0v) is 7.99. The molecule has 0 atom stereocenters. The number of benzene rings is 2. The van der Waals surface area contributed by atoms with Gasteiger partial charge in [-0.25, -0.2) is 0 Å². The van der Waals surface area contributed by atoms with Crippen molar-refractivity contribution in [3.05, 3.63) is 35.9 Å². The minimum Gasteiger partial charge on any atom is -0.507 e. The molecule has 2 N–H and O–H groups in total. The van der Waals surface area contributed by atoms with Crippen LogP contribution in [-0.2, 0) is 6.42 Å². The number of aromatic hydroxyl groups is 2. The minimum atomic E-state index is 0.209. The Bertz CT molecular complexity index is 475. The molecule has 0 amide bonds. The smallest absolute Gasteiger partial charge is 0.123 e. The molecular formula is C12H12O2. The summed E-state index contributed by atoms with van der Waals surface area (Å²) >= 11 is 0. The minimum absolute atomic E-state index is 0.209. The van der Waals surface area contributed by atoms with Gasteiger partial charge in [-0.1, -0.05) is 19.1 Å². The second kappa shape index (κ2) is 3.22. The van der Waals surface area contributed by atoms with Gasteiger partial charge in [0.05, 0.1) is 0 Å². The average molecular weight is 188 g/mol. The maximum Gasteiger partial charge on any atom is 0.123 e. The van der Waals surface area contributed by atoms with Crippen LogP contribution >= 0.6 is 0 Å². The molecule has 2 rings (SSSR count). The van der Waals surface area contributed by atoms with Gasteiger partial charge in [0.1, 0.15) is 11.5 Å². The molecule has 0 spiro atoms. The van der Waals surface area contributed by atoms with Crippen LogP contribution in [0.15, 0.2) is 30.3 Å². The number of phenolic OH excluding ortho intramolecular Hbond substituents is 2. The third-order valence-electron chi connectivity index (χ3n) is 2.44. The lowest BCUT2D eigenvalue weighted by Gasteiger charge is -2.05. The molecule has 2 nitrogen and oxygen atoms in total. The molecule has 0 radical (unpaired) electrons. The highest BCUT2D eigenvalue weighted by Gasteiger charge is 2.04. The molecule has 0 aliphatic rings. The summed E-state index contributed by atoms with van der Waals surface area (Å²) in [5.41, 5.74) is 1.15. The van der Waals surface area contributed by atoms with E-state index in [4.69, 9.17) is 0 Å². The molecule has 14 heavy (non-hydrogen) atoms. The predicted molar refractivity (Wildman–Crippen MR) is 56.7 cm³/mol. The molecular weight excluding hydrogens is 176 g/mol. The summed E-state index contributed by atoms with van der Waals surface area (Å²) in [6.45, 7) is 2.06. The van der Waals surface area contributed by atoms with Gasteiger partial charge in [0.15, 0.2) is 0 Å². The summed E-state index contributed by atoms with van der Waals surface area (Å²) < 4.78 is 0. The normalized spacial score (nSPS) is 10.6. The number of hydrogen-bond acceptors (Lipinski definition) is 2. The van der Waals surface area contributed by atoms with Crippen molar-refractivity contribution in [2.75, 3.05) is 0 Å². The number of aryl methyl sites for hydroxylation is 1. The van der Waals surface area contributed by atoms with Crippen LogP contribution in [0.4, 0.5) is 0 Å². The summed E-state index contributed by atoms with van der Waals surface area (Å²) in [4.78, 5) is 0. The van der Waals surface area contributed by atoms with Gasteiger partial charge in [-0.2, -0.15) is 0 Å². The molecule has 72 valence electrons. The van der Waals surface area contributed by atoms with Crippen molar-refractivity contribution in [1.29, 1.82) is 0 Å². The Morgan fingerprint density at radius 2 is 1.57 bits per heavy atom. The highest BCUT2D eigenvalue weighted by atomic mass is 16.3. The fourth-order valence-corrected chi connectivity index (χ4v) is 1.58. The molecule has 0 bridgehead atoms. The lowest BCUT2D eigenvalue weighted by atomic mass is 10.0. The van der Waals surface area contributed by atoms with Gasteiger partial charge in [0, 0.05) is 10.8 Å². The van der Waals surface area contributed by atoms with E-state index >= 15 is 0 Å². The molecule has 0 heterocycles. The SMILES string of the molecule is CCc1ccc2c(O)ccc(O)c2c1. The predicted octanol–water partition coefficient (Wildman–Crippen LogP) is 2.81. The van der Waals surface area contributed by atoms with E-state index in [0.29, 0.717) is 10.8 Å². The molecule has 2 heteroatoms. The van der Waals surface area contributed by atoms with E-state index in [0.717, 1.165) is 12.0 Å². The fraction of sp³-hybridized carbons (Fsp3) is 0.167. The second-order valence-corrected chi connectivity index (χ2v) is 3.34. The Morgan fingerprint density at radius 1 is 0.929 bits per heavy atom. The van der Waals surface area contributed by atoms with E-state index in [1.54, 1.807) is 0 Å². The third kappa shape index (κ3) is 1.29. The number of rotatable bonds is 1. The average Bonchev–Trinajstić information content (AvgIpc) is 2.23. The van der Waals surface area contributed by atoms with Crippen LogP contribution in [0.5, 0.6) is 11.5 Å². The van der Waals surface area contributed by atoms with Crippen molar-refractivity contribution >= 4 is 10.8 Å². The molecule has 0 aromatic heterocycles. The van der Waals surface area contributed by atoms with E-state index in [2.05, 4.69) is 6.92 Å². The van der Waals surface area contributed by atoms with E-state index in [1.165, 1.54) is 12.1 Å². The van der Waals surface area contributed by atoms with Crippen LogP contribution in [0.25, 0.3) is 10.8 Å². The van der Waals surface area contributed by atoms with Crippen LogP contribution in [0, 0.1) is 0 Å². The highest BCUT2D eigenvalue weighted by Crippen LogP contribution is 2.32. The largest absolute Gasteiger partial charge is 0.507 e. The van der Waals surface area contributed by atoms with Gasteiger partial charge in [-0.05, 0) is 30.2 Å². The Labute approximate surface area is 82.4 Å². The first kappa shape index (κ1) is 8.88. The van der Waals surface area contributed by atoms with Crippen LogP contribution in [0.3, 0.4) is 0 Å². The van der Waals surface area contributed by atoms with Crippen molar-refractivity contribution < 1.29 is 10.2 Å². The van der Waals surface area contributed by atoms with Crippen molar-refractivity contribution in [3.8, 4) is 11.5 Å². The van der Waals surface area contributed by atoms with Crippen LogP contribution in [-0.4, -0.2) is 10.2 Å². The zero-order valence-electron chi connectivity index (χ0n) is 7.99. The van der Waals surface area contributed by atoms with Gasteiger partial charge < -0.3 is 10.2 Å². The second-order valence-electron chi connectivity index (χ2n) is 3.34. The van der Waals surface area contributed by atoms with Crippen molar-refractivity contribution in [2.24, 2.45) is 0 Å². The van der Waals surface area contributed by atoms with E-state index < -0.39 is 0 Å². The summed E-state index contributed by atoms with van der Waals surface area (Å²) in [5.74, 6) is 0.425. The number of fused-ring (bicyclic) bond motifs is 1. The summed E-state index contributed by atoms with van der Waals surface area (Å²) in [5, 5.41) is 20.6. The van der Waals surface area contributed by atoms with Crippen LogP contribution in [0.1, 0.15) is 12.5 Å². The first-order chi connectivity index (χ1) is 6.72. The molecule has 0 aliphatic carbocycles. The lowest BCUT2D eigenvalue weighted by Crippen LogP contribution is -1.81. The van der Waals surface area contributed by atoms with Gasteiger partial charge in [0.25, 0.3) is 0 Å². The van der Waals surface area contributed by atoms with Crippen LogP contribution < -0.4 is 0 Å². The molecule has 2 aromatic carbocycles. The molecule has 0 saturated heterocycles. The van der Waals surface area contributed by atoms with Gasteiger partial charge >= 0.3 is 0 Å². The Morgan fingerprint density at radius 3 is 2.21 bits per heavy atom. The summed E-state index contributed by atoms with van der Waals surface area (Å²) in [7, 11) is 0. The molecule has 0 saturated carbocycles. The van der Waals surface area contributed by atoms with Crippen molar-refractivity contribution in [3.63, 3.8) is 0 Å². The quantitative estimate of drug-likeness (QED) is 0.675. The Hall–Kier alpha value is -1.70. The maximum absolute atomic E-state index is 9.60. The van der Waals surface area contributed by atoms with Crippen LogP contribution in [0.2, 0.25) is 0 Å². The standard InChI is InChI=1S/C12H12O2/c1-2-8-3-4-9-10(7-8)12(14)6-5-11(9)13/h3-7,13-14H,2H2,1H3. The number of phenols is 2. The monoisotopic (exact) mass is 188 g/mol. The molecule has 0 aliphatic heterocycles. The van der Waals surface area contributed by atoms with E-state index in [1.807, 2.05) is 18.2 Å². The first-order valence-corrected chi connectivity index (χ1v) is 4.66. The van der Waals surface area contributed by atoms with E-state index in [-0.39, 0.29) is 11.5 Å². The Balaban J connectivity index is 2.80. The summed E-state index contributed by atoms with van der Waals surface area (Å²) in [6.07, 6.45) is 0.922. The highest BCUT2D eigenvalue weighted by molar-refractivity contribution is 5.93. The fourth-order valence-electron chi connectivity index (χ4n) is 1.58. The van der Waals surface area contributed by atoms with E-state index in [9.17, 15) is 10.2 Å². The van der Waals surface area contributed by atoms with Gasteiger partial charge in [-0.15, -0.1) is 0 Å². The van der Waals surface area contributed by atoms with Crippen molar-refractivity contribution in [2.45, 2.75) is 13.3 Å². The summed E-state index contributed by atoms with van der Waals surface area (Å²) in [6, 6.07) is 8.72. The molecule has 0 unspecified atom stereocenters. The lowest BCUT2D eigenvalue weighted by molar-refractivity contribution is 0.469. The Kier molecular flexibility index (Phi) is 2.04. The zero-order chi connectivity index (χ0) is 10.1. The molecule has 2 aromatic rings.